The number of piperidine rings is 1. The Morgan fingerprint density at radius 1 is 0.923 bits per heavy atom. The van der Waals surface area contributed by atoms with Crippen molar-refractivity contribution >= 4 is 62.2 Å². The van der Waals surface area contributed by atoms with Crippen LogP contribution in [0.1, 0.15) is 40.0 Å². The van der Waals surface area contributed by atoms with Crippen LogP contribution in [0.4, 0.5) is 11.5 Å². The molecule has 204 valence electrons. The lowest BCUT2D eigenvalue weighted by Gasteiger charge is -2.24. The standard InChI is InChI=1S/C27H27Cl2N5O4S/c1-39(38,33-25(35)17-34-13-3-2-4-14-34)21-9-5-18(6-10-21)26(36)31-23-11-7-19(28)15-22(23)27(37)32-24-12-8-20(29)16-30-24/h5-12,15-16H,2-4,13-14,17H2,1H3,(H,31,36)(H,30,32,37). The van der Waals surface area contributed by atoms with Crippen LogP contribution in [0, 0.1) is 0 Å². The Balaban J connectivity index is 1.46. The van der Waals surface area contributed by atoms with E-state index in [0.29, 0.717) is 14.9 Å². The van der Waals surface area contributed by atoms with E-state index in [9.17, 15) is 18.6 Å². The molecule has 0 radical (unpaired) electrons. The van der Waals surface area contributed by atoms with E-state index in [4.69, 9.17) is 23.2 Å². The molecule has 2 heterocycles. The number of nitrogens with one attached hydrogen (secondary N) is 2. The Labute approximate surface area is 237 Å². The molecule has 1 unspecified atom stereocenters. The first-order valence-electron chi connectivity index (χ1n) is 12.2. The molecular weight excluding hydrogens is 561 g/mol. The number of anilines is 2. The molecule has 2 N–H and O–H groups in total. The number of benzene rings is 2. The summed E-state index contributed by atoms with van der Waals surface area (Å²) in [5.74, 6) is -1.17. The van der Waals surface area contributed by atoms with Gasteiger partial charge in [-0.3, -0.25) is 19.3 Å². The number of aromatic nitrogens is 1. The van der Waals surface area contributed by atoms with Crippen molar-refractivity contribution in [2.24, 2.45) is 4.36 Å². The van der Waals surface area contributed by atoms with Crippen LogP contribution in [0.15, 0.2) is 70.1 Å². The van der Waals surface area contributed by atoms with Crippen LogP contribution in [-0.4, -0.2) is 57.7 Å². The second kappa shape index (κ2) is 12.7. The van der Waals surface area contributed by atoms with Crippen LogP contribution in [0.2, 0.25) is 10.0 Å². The van der Waals surface area contributed by atoms with Gasteiger partial charge >= 0.3 is 0 Å². The largest absolute Gasteiger partial charge is 0.321 e. The molecule has 1 aromatic heterocycles. The maximum Gasteiger partial charge on any atom is 0.268 e. The summed E-state index contributed by atoms with van der Waals surface area (Å²) < 4.78 is 17.1. The SMILES string of the molecule is CS(=O)(=NC(=O)CN1CCCCC1)c1ccc(C(=O)Nc2ccc(Cl)cc2C(=O)Nc2ccc(Cl)cn2)cc1. The second-order valence-electron chi connectivity index (χ2n) is 9.11. The Morgan fingerprint density at radius 2 is 1.62 bits per heavy atom. The van der Waals surface area contributed by atoms with E-state index >= 15 is 0 Å². The van der Waals surface area contributed by atoms with Crippen molar-refractivity contribution in [2.45, 2.75) is 24.2 Å². The zero-order valence-electron chi connectivity index (χ0n) is 21.2. The highest BCUT2D eigenvalue weighted by molar-refractivity contribution is 7.93. The molecule has 1 saturated heterocycles. The third-order valence-electron chi connectivity index (χ3n) is 6.08. The molecule has 1 atom stereocenters. The molecule has 1 aliphatic rings. The Kier molecular flexibility index (Phi) is 9.34. The van der Waals surface area contributed by atoms with Crippen molar-refractivity contribution in [3.63, 3.8) is 0 Å². The van der Waals surface area contributed by atoms with E-state index in [-0.39, 0.29) is 29.2 Å². The number of rotatable bonds is 7. The smallest absolute Gasteiger partial charge is 0.268 e. The highest BCUT2D eigenvalue weighted by atomic mass is 35.5. The minimum atomic E-state index is -2.98. The average Bonchev–Trinajstić information content (AvgIpc) is 2.91. The van der Waals surface area contributed by atoms with Crippen LogP contribution in [0.5, 0.6) is 0 Å². The molecule has 4 rings (SSSR count). The van der Waals surface area contributed by atoms with Gasteiger partial charge in [0.15, 0.2) is 0 Å². The third-order valence-corrected chi connectivity index (χ3v) is 8.24. The van der Waals surface area contributed by atoms with Gasteiger partial charge in [-0.15, -0.1) is 0 Å². The minimum Gasteiger partial charge on any atom is -0.321 e. The van der Waals surface area contributed by atoms with E-state index < -0.39 is 27.5 Å². The first kappa shape index (κ1) is 28.7. The molecule has 1 fully saturated rings. The van der Waals surface area contributed by atoms with Crippen LogP contribution in [-0.2, 0) is 14.5 Å². The molecule has 12 heteroatoms. The summed E-state index contributed by atoms with van der Waals surface area (Å²) in [6.07, 6.45) is 6.04. The van der Waals surface area contributed by atoms with E-state index in [1.54, 1.807) is 18.2 Å². The Hall–Kier alpha value is -3.31. The quantitative estimate of drug-likeness (QED) is 0.383. The number of carbonyl (C=O) groups is 3. The van der Waals surface area contributed by atoms with Crippen molar-refractivity contribution in [2.75, 3.05) is 36.5 Å². The highest BCUT2D eigenvalue weighted by Crippen LogP contribution is 2.23. The van der Waals surface area contributed by atoms with Gasteiger partial charge in [0, 0.05) is 27.9 Å². The molecule has 2 aromatic carbocycles. The predicted octanol–water partition coefficient (Wildman–Crippen LogP) is 5.36. The lowest BCUT2D eigenvalue weighted by molar-refractivity contribution is -0.118. The summed E-state index contributed by atoms with van der Waals surface area (Å²) in [6, 6.07) is 13.6. The first-order chi connectivity index (χ1) is 18.6. The number of nitrogens with zero attached hydrogens (tertiary/aromatic N) is 3. The number of hydrogen-bond acceptors (Lipinski definition) is 6. The Morgan fingerprint density at radius 3 is 2.28 bits per heavy atom. The van der Waals surface area contributed by atoms with Gasteiger partial charge in [-0.2, -0.15) is 4.36 Å². The topological polar surface area (TPSA) is 121 Å². The lowest BCUT2D eigenvalue weighted by Crippen LogP contribution is -2.34. The molecule has 1 aliphatic heterocycles. The predicted molar refractivity (Wildman–Crippen MR) is 153 cm³/mol. The molecular formula is C27H27Cl2N5O4S. The van der Waals surface area contributed by atoms with Crippen molar-refractivity contribution < 1.29 is 18.6 Å². The maximum absolute atomic E-state index is 13.2. The fourth-order valence-electron chi connectivity index (χ4n) is 4.08. The summed E-state index contributed by atoms with van der Waals surface area (Å²) in [7, 11) is -2.98. The number of amides is 3. The maximum atomic E-state index is 13.2. The summed E-state index contributed by atoms with van der Waals surface area (Å²) in [5.41, 5.74) is 0.624. The van der Waals surface area contributed by atoms with E-state index in [1.165, 1.54) is 48.9 Å². The molecule has 3 amide bonds. The van der Waals surface area contributed by atoms with Gasteiger partial charge in [0.1, 0.15) is 5.82 Å². The number of hydrogen-bond donors (Lipinski definition) is 2. The second-order valence-corrected chi connectivity index (χ2v) is 12.2. The van der Waals surface area contributed by atoms with Crippen LogP contribution in [0.25, 0.3) is 0 Å². The lowest BCUT2D eigenvalue weighted by atomic mass is 10.1. The third kappa shape index (κ3) is 7.86. The molecule has 0 bridgehead atoms. The van der Waals surface area contributed by atoms with Gasteiger partial charge in [-0.25, -0.2) is 9.19 Å². The summed E-state index contributed by atoms with van der Waals surface area (Å²) in [6.45, 7) is 1.83. The molecule has 0 saturated carbocycles. The zero-order valence-corrected chi connectivity index (χ0v) is 23.5. The number of pyridine rings is 1. The number of halogens is 2. The molecule has 3 aromatic rings. The van der Waals surface area contributed by atoms with Crippen LogP contribution < -0.4 is 10.6 Å². The highest BCUT2D eigenvalue weighted by Gasteiger charge is 2.18. The van der Waals surface area contributed by atoms with Crippen molar-refractivity contribution in [1.29, 1.82) is 0 Å². The zero-order chi connectivity index (χ0) is 28.0. The average molecular weight is 589 g/mol. The van der Waals surface area contributed by atoms with Crippen molar-refractivity contribution in [3.05, 3.63) is 82.0 Å². The number of likely N-dealkylation sites (tertiary alicyclic amines) is 1. The minimum absolute atomic E-state index is 0.131. The normalized spacial score (nSPS) is 15.2. The van der Waals surface area contributed by atoms with Gasteiger partial charge in [-0.1, -0.05) is 29.6 Å². The van der Waals surface area contributed by atoms with Crippen LogP contribution >= 0.6 is 23.2 Å². The van der Waals surface area contributed by atoms with E-state index in [0.717, 1.165) is 32.4 Å². The summed E-state index contributed by atoms with van der Waals surface area (Å²) >= 11 is 11.9. The molecule has 0 spiro atoms. The van der Waals surface area contributed by atoms with E-state index in [1.807, 2.05) is 4.90 Å². The molecule has 39 heavy (non-hydrogen) atoms. The van der Waals surface area contributed by atoms with Gasteiger partial charge in [0.05, 0.1) is 32.5 Å². The van der Waals surface area contributed by atoms with E-state index in [2.05, 4.69) is 20.0 Å². The first-order valence-corrected chi connectivity index (χ1v) is 14.9. The fraction of sp³-hybridized carbons (Fsp3) is 0.259. The van der Waals surface area contributed by atoms with Gasteiger partial charge in [0.25, 0.3) is 17.7 Å². The van der Waals surface area contributed by atoms with Crippen molar-refractivity contribution in [1.82, 2.24) is 9.88 Å². The van der Waals surface area contributed by atoms with Crippen molar-refractivity contribution in [3.8, 4) is 0 Å². The van der Waals surface area contributed by atoms with Gasteiger partial charge in [-0.05, 0) is 80.5 Å². The van der Waals surface area contributed by atoms with Gasteiger partial charge in [0.2, 0.25) is 0 Å². The molecule has 0 aliphatic carbocycles. The van der Waals surface area contributed by atoms with Crippen LogP contribution in [0.3, 0.4) is 0 Å². The summed E-state index contributed by atoms with van der Waals surface area (Å²) in [5, 5.41) is 6.08. The number of carbonyl (C=O) groups excluding carboxylic acids is 3. The summed E-state index contributed by atoms with van der Waals surface area (Å²) in [4.78, 5) is 44.7. The van der Waals surface area contributed by atoms with Gasteiger partial charge < -0.3 is 10.6 Å². The Bertz CT molecular complexity index is 1500. The fourth-order valence-corrected chi connectivity index (χ4v) is 5.56. The molecule has 9 nitrogen and oxygen atoms in total. The monoisotopic (exact) mass is 587 g/mol.